The molecule has 0 fully saturated rings. The molecule has 0 aliphatic heterocycles. The van der Waals surface area contributed by atoms with Gasteiger partial charge in [0.15, 0.2) is 0 Å². The SMILES string of the molecule is CCNCc1cccc(C#CCCN)c1. The van der Waals surface area contributed by atoms with Gasteiger partial charge < -0.3 is 11.1 Å². The van der Waals surface area contributed by atoms with E-state index in [-0.39, 0.29) is 0 Å². The van der Waals surface area contributed by atoms with Gasteiger partial charge in [-0.25, -0.2) is 0 Å². The zero-order chi connectivity index (χ0) is 10.9. The Morgan fingerprint density at radius 3 is 3.00 bits per heavy atom. The van der Waals surface area contributed by atoms with Crippen molar-refractivity contribution in [2.75, 3.05) is 13.1 Å². The van der Waals surface area contributed by atoms with Gasteiger partial charge >= 0.3 is 0 Å². The quantitative estimate of drug-likeness (QED) is 0.726. The van der Waals surface area contributed by atoms with E-state index in [0.717, 1.165) is 25.1 Å². The third-order valence-corrected chi connectivity index (χ3v) is 2.01. The molecule has 1 aromatic rings. The highest BCUT2D eigenvalue weighted by Gasteiger charge is 1.92. The van der Waals surface area contributed by atoms with Crippen molar-refractivity contribution < 1.29 is 0 Å². The van der Waals surface area contributed by atoms with Crippen LogP contribution in [0.2, 0.25) is 0 Å². The Morgan fingerprint density at radius 1 is 1.40 bits per heavy atom. The zero-order valence-corrected chi connectivity index (χ0v) is 9.22. The van der Waals surface area contributed by atoms with E-state index >= 15 is 0 Å². The Balaban J connectivity index is 2.62. The van der Waals surface area contributed by atoms with Crippen LogP contribution in [0.3, 0.4) is 0 Å². The summed E-state index contributed by atoms with van der Waals surface area (Å²) in [6.45, 7) is 4.63. The van der Waals surface area contributed by atoms with Crippen molar-refractivity contribution >= 4 is 0 Å². The monoisotopic (exact) mass is 202 g/mol. The lowest BCUT2D eigenvalue weighted by Crippen LogP contribution is -2.11. The minimum absolute atomic E-state index is 0.629. The topological polar surface area (TPSA) is 38.0 Å². The lowest BCUT2D eigenvalue weighted by molar-refractivity contribution is 0.727. The van der Waals surface area contributed by atoms with Gasteiger partial charge in [0.1, 0.15) is 0 Å². The molecule has 2 heteroatoms. The molecule has 0 radical (unpaired) electrons. The second-order valence-corrected chi connectivity index (χ2v) is 3.32. The maximum Gasteiger partial charge on any atom is 0.0248 e. The van der Waals surface area contributed by atoms with Gasteiger partial charge in [-0.15, -0.1) is 0 Å². The van der Waals surface area contributed by atoms with Crippen LogP contribution >= 0.6 is 0 Å². The van der Waals surface area contributed by atoms with Crippen LogP contribution in [0.25, 0.3) is 0 Å². The van der Waals surface area contributed by atoms with Gasteiger partial charge in [-0.05, 0) is 24.2 Å². The maximum absolute atomic E-state index is 5.38. The van der Waals surface area contributed by atoms with Gasteiger partial charge in [0.05, 0.1) is 0 Å². The van der Waals surface area contributed by atoms with Crippen LogP contribution in [-0.2, 0) is 6.54 Å². The third kappa shape index (κ3) is 4.64. The van der Waals surface area contributed by atoms with Gasteiger partial charge in [0.2, 0.25) is 0 Å². The summed E-state index contributed by atoms with van der Waals surface area (Å²) in [4.78, 5) is 0. The average molecular weight is 202 g/mol. The van der Waals surface area contributed by atoms with Crippen molar-refractivity contribution in [2.45, 2.75) is 19.9 Å². The van der Waals surface area contributed by atoms with E-state index in [1.165, 1.54) is 5.56 Å². The van der Waals surface area contributed by atoms with E-state index in [0.29, 0.717) is 6.54 Å². The molecule has 1 rings (SSSR count). The molecule has 0 amide bonds. The number of nitrogens with two attached hydrogens (primary N) is 1. The van der Waals surface area contributed by atoms with Gasteiger partial charge in [-0.3, -0.25) is 0 Å². The molecule has 3 N–H and O–H groups in total. The molecule has 0 atom stereocenters. The largest absolute Gasteiger partial charge is 0.330 e. The first kappa shape index (κ1) is 11.8. The zero-order valence-electron chi connectivity index (χ0n) is 9.22. The summed E-state index contributed by atoms with van der Waals surface area (Å²) in [5.41, 5.74) is 7.72. The van der Waals surface area contributed by atoms with Crippen LogP contribution in [-0.4, -0.2) is 13.1 Å². The van der Waals surface area contributed by atoms with Crippen molar-refractivity contribution in [3.05, 3.63) is 35.4 Å². The van der Waals surface area contributed by atoms with Crippen LogP contribution in [0.4, 0.5) is 0 Å². The first-order valence-corrected chi connectivity index (χ1v) is 5.35. The van der Waals surface area contributed by atoms with E-state index < -0.39 is 0 Å². The molecule has 0 saturated heterocycles. The van der Waals surface area contributed by atoms with E-state index in [4.69, 9.17) is 5.73 Å². The molecule has 1 aromatic carbocycles. The summed E-state index contributed by atoms with van der Waals surface area (Å²) in [5, 5.41) is 3.29. The van der Waals surface area contributed by atoms with Crippen LogP contribution in [0.15, 0.2) is 24.3 Å². The van der Waals surface area contributed by atoms with Gasteiger partial charge in [-0.1, -0.05) is 30.9 Å². The molecular weight excluding hydrogens is 184 g/mol. The fraction of sp³-hybridized carbons (Fsp3) is 0.385. The lowest BCUT2D eigenvalue weighted by Gasteiger charge is -2.01. The highest BCUT2D eigenvalue weighted by molar-refractivity contribution is 5.37. The Hall–Kier alpha value is -1.30. The van der Waals surface area contributed by atoms with Gasteiger partial charge in [0.25, 0.3) is 0 Å². The van der Waals surface area contributed by atoms with Crippen molar-refractivity contribution in [2.24, 2.45) is 5.73 Å². The lowest BCUT2D eigenvalue weighted by atomic mass is 10.1. The summed E-state index contributed by atoms with van der Waals surface area (Å²) < 4.78 is 0. The number of hydrogen-bond donors (Lipinski definition) is 2. The van der Waals surface area contributed by atoms with Crippen LogP contribution < -0.4 is 11.1 Å². The number of benzene rings is 1. The molecule has 0 unspecified atom stereocenters. The molecule has 0 spiro atoms. The number of nitrogens with one attached hydrogen (secondary N) is 1. The highest BCUT2D eigenvalue weighted by Crippen LogP contribution is 2.03. The normalized spacial score (nSPS) is 9.47. The second kappa shape index (κ2) is 7.05. The summed E-state index contributed by atoms with van der Waals surface area (Å²) in [7, 11) is 0. The van der Waals surface area contributed by atoms with Crippen LogP contribution in [0, 0.1) is 11.8 Å². The third-order valence-electron chi connectivity index (χ3n) is 2.01. The smallest absolute Gasteiger partial charge is 0.0248 e. The predicted octanol–water partition coefficient (Wildman–Crippen LogP) is 1.50. The maximum atomic E-state index is 5.38. The summed E-state index contributed by atoms with van der Waals surface area (Å²) >= 11 is 0. The van der Waals surface area contributed by atoms with Crippen molar-refractivity contribution in [3.63, 3.8) is 0 Å². The highest BCUT2D eigenvalue weighted by atomic mass is 14.8. The number of rotatable bonds is 4. The fourth-order valence-electron chi connectivity index (χ4n) is 1.27. The molecule has 0 aromatic heterocycles. The van der Waals surface area contributed by atoms with Crippen LogP contribution in [0.1, 0.15) is 24.5 Å². The molecule has 15 heavy (non-hydrogen) atoms. The molecule has 0 saturated carbocycles. The first-order chi connectivity index (χ1) is 7.36. The molecule has 80 valence electrons. The predicted molar refractivity (Wildman–Crippen MR) is 64.4 cm³/mol. The Kier molecular flexibility index (Phi) is 5.54. The van der Waals surface area contributed by atoms with Crippen molar-refractivity contribution in [1.82, 2.24) is 5.32 Å². The van der Waals surface area contributed by atoms with Gasteiger partial charge in [-0.2, -0.15) is 0 Å². The molecule has 0 heterocycles. The van der Waals surface area contributed by atoms with Crippen LogP contribution in [0.5, 0.6) is 0 Å². The average Bonchev–Trinajstić information content (AvgIpc) is 2.27. The van der Waals surface area contributed by atoms with E-state index in [2.05, 4.69) is 36.2 Å². The van der Waals surface area contributed by atoms with E-state index in [1.807, 2.05) is 12.1 Å². The van der Waals surface area contributed by atoms with E-state index in [9.17, 15) is 0 Å². The summed E-state index contributed by atoms with van der Waals surface area (Å²) in [6.07, 6.45) is 0.761. The second-order valence-electron chi connectivity index (χ2n) is 3.32. The standard InChI is InChI=1S/C13H18N2/c1-2-15-11-13-8-5-7-12(10-13)6-3-4-9-14/h5,7-8,10,15H,2,4,9,11,14H2,1H3. The molecule has 0 aliphatic rings. The van der Waals surface area contributed by atoms with E-state index in [1.54, 1.807) is 0 Å². The summed E-state index contributed by atoms with van der Waals surface area (Å²) in [5.74, 6) is 6.14. The molecule has 0 bridgehead atoms. The fourth-order valence-corrected chi connectivity index (χ4v) is 1.27. The van der Waals surface area contributed by atoms with Gasteiger partial charge in [0, 0.05) is 25.1 Å². The Morgan fingerprint density at radius 2 is 2.27 bits per heavy atom. The van der Waals surface area contributed by atoms with Crippen molar-refractivity contribution in [3.8, 4) is 11.8 Å². The summed E-state index contributed by atoms with van der Waals surface area (Å²) in [6, 6.07) is 8.29. The Bertz CT molecular complexity index is 347. The molecule has 2 nitrogen and oxygen atoms in total. The minimum atomic E-state index is 0.629. The minimum Gasteiger partial charge on any atom is -0.330 e. The molecular formula is C13H18N2. The number of hydrogen-bond acceptors (Lipinski definition) is 2. The van der Waals surface area contributed by atoms with Crippen molar-refractivity contribution in [1.29, 1.82) is 0 Å². The Labute approximate surface area is 91.9 Å². The molecule has 0 aliphatic carbocycles. The first-order valence-electron chi connectivity index (χ1n) is 5.35.